The van der Waals surface area contributed by atoms with Gasteiger partial charge in [-0.1, -0.05) is 43.7 Å². The van der Waals surface area contributed by atoms with Crippen LogP contribution in [0.15, 0.2) is 23.1 Å². The van der Waals surface area contributed by atoms with E-state index in [1.165, 1.54) is 42.1 Å². The fourth-order valence-electron chi connectivity index (χ4n) is 4.26. The fourth-order valence-corrected chi connectivity index (χ4v) is 5.97. The first-order valence-corrected chi connectivity index (χ1v) is 12.5. The lowest BCUT2D eigenvalue weighted by atomic mass is 10.1. The van der Waals surface area contributed by atoms with Gasteiger partial charge in [0.25, 0.3) is 0 Å². The molecular formula is C21H32ClN3O3S. The van der Waals surface area contributed by atoms with E-state index in [0.29, 0.717) is 29.8 Å². The highest BCUT2D eigenvalue weighted by atomic mass is 35.5. The van der Waals surface area contributed by atoms with Crippen molar-refractivity contribution < 1.29 is 13.2 Å². The molecule has 1 saturated heterocycles. The summed E-state index contributed by atoms with van der Waals surface area (Å²) in [5.74, 6) is -0.175. The minimum Gasteiger partial charge on any atom is -0.324 e. The minimum atomic E-state index is -3.57. The molecule has 0 unspecified atom stereocenters. The Morgan fingerprint density at radius 2 is 1.72 bits per heavy atom. The second-order valence-electron chi connectivity index (χ2n) is 8.22. The van der Waals surface area contributed by atoms with Crippen LogP contribution in [0.5, 0.6) is 0 Å². The number of nitrogens with one attached hydrogen (secondary N) is 1. The molecule has 1 amide bonds. The van der Waals surface area contributed by atoms with Crippen LogP contribution in [0, 0.1) is 0 Å². The van der Waals surface area contributed by atoms with Crippen molar-refractivity contribution in [1.29, 1.82) is 0 Å². The van der Waals surface area contributed by atoms with Crippen LogP contribution in [0.25, 0.3) is 0 Å². The maximum absolute atomic E-state index is 12.9. The molecule has 0 radical (unpaired) electrons. The van der Waals surface area contributed by atoms with Gasteiger partial charge in [-0.3, -0.25) is 9.69 Å². The zero-order valence-corrected chi connectivity index (χ0v) is 18.8. The number of likely N-dealkylation sites (N-methyl/N-ethyl adjacent to an activating group) is 1. The van der Waals surface area contributed by atoms with Crippen molar-refractivity contribution >= 4 is 33.2 Å². The van der Waals surface area contributed by atoms with E-state index in [1.54, 1.807) is 6.07 Å². The van der Waals surface area contributed by atoms with E-state index in [1.807, 2.05) is 7.05 Å². The van der Waals surface area contributed by atoms with Gasteiger partial charge in [0.1, 0.15) is 0 Å². The number of amides is 1. The molecule has 1 aromatic carbocycles. The molecule has 6 nitrogen and oxygen atoms in total. The summed E-state index contributed by atoms with van der Waals surface area (Å²) in [4.78, 5) is 14.9. The quantitative estimate of drug-likeness (QED) is 0.674. The highest BCUT2D eigenvalue weighted by molar-refractivity contribution is 7.89. The number of carbonyl (C=O) groups excluding carboxylic acids is 1. The van der Waals surface area contributed by atoms with E-state index < -0.39 is 10.0 Å². The van der Waals surface area contributed by atoms with Crippen LogP contribution >= 0.6 is 11.6 Å². The molecule has 0 bridgehead atoms. The topological polar surface area (TPSA) is 69.7 Å². The number of nitrogens with zero attached hydrogens (tertiary/aromatic N) is 2. The molecule has 1 saturated carbocycles. The van der Waals surface area contributed by atoms with Crippen LogP contribution in [0.1, 0.15) is 57.8 Å². The number of halogens is 1. The molecule has 1 aliphatic heterocycles. The summed E-state index contributed by atoms with van der Waals surface area (Å²) in [5, 5.41) is 3.16. The third-order valence-electron chi connectivity index (χ3n) is 6.01. The van der Waals surface area contributed by atoms with Crippen LogP contribution in [0.4, 0.5) is 5.69 Å². The largest absolute Gasteiger partial charge is 0.324 e. The lowest BCUT2D eigenvalue weighted by molar-refractivity contribution is -0.117. The van der Waals surface area contributed by atoms with Crippen LogP contribution in [-0.2, 0) is 14.8 Å². The minimum absolute atomic E-state index is 0.175. The third-order valence-corrected chi connectivity index (χ3v) is 8.23. The molecule has 2 aliphatic rings. The summed E-state index contributed by atoms with van der Waals surface area (Å²) in [6.07, 6.45) is 10.0. The van der Waals surface area contributed by atoms with E-state index in [4.69, 9.17) is 11.6 Å². The van der Waals surface area contributed by atoms with Crippen LogP contribution < -0.4 is 5.32 Å². The lowest BCUT2D eigenvalue weighted by Crippen LogP contribution is -2.38. The molecular weight excluding hydrogens is 410 g/mol. The number of anilines is 1. The Morgan fingerprint density at radius 1 is 1.10 bits per heavy atom. The Kier molecular flexibility index (Phi) is 7.96. The van der Waals surface area contributed by atoms with Gasteiger partial charge in [0.15, 0.2) is 0 Å². The highest BCUT2D eigenvalue weighted by Crippen LogP contribution is 2.28. The molecule has 1 N–H and O–H groups in total. The smallest absolute Gasteiger partial charge is 0.243 e. The molecule has 1 heterocycles. The predicted molar refractivity (Wildman–Crippen MR) is 117 cm³/mol. The van der Waals surface area contributed by atoms with E-state index in [0.717, 1.165) is 32.1 Å². The molecule has 1 aliphatic carbocycles. The monoisotopic (exact) mass is 441 g/mol. The Bertz CT molecular complexity index is 801. The number of sulfonamides is 1. The second kappa shape index (κ2) is 10.2. The van der Waals surface area contributed by atoms with Gasteiger partial charge >= 0.3 is 0 Å². The molecule has 1 aromatic rings. The standard InChI is InChI=1S/C21H32ClN3O3S/c1-24(17-9-5-2-3-6-10-17)16-21(26)23-20-15-18(11-12-19(20)22)29(27,28)25-13-7-4-8-14-25/h11-12,15,17H,2-10,13-14,16H2,1H3,(H,23,26). The Hall–Kier alpha value is -1.15. The van der Waals surface area contributed by atoms with E-state index >= 15 is 0 Å². The van der Waals surface area contributed by atoms with Crippen molar-refractivity contribution in [3.8, 4) is 0 Å². The van der Waals surface area contributed by atoms with E-state index in [-0.39, 0.29) is 17.3 Å². The molecule has 0 aromatic heterocycles. The SMILES string of the molecule is CN(CC(=O)Nc1cc(S(=O)(=O)N2CCCCC2)ccc1Cl)C1CCCCCC1. The number of benzene rings is 1. The van der Waals surface area contributed by atoms with Crippen molar-refractivity contribution in [1.82, 2.24) is 9.21 Å². The first kappa shape index (κ1) is 22.5. The number of rotatable bonds is 6. The summed E-state index contributed by atoms with van der Waals surface area (Å²) in [6.45, 7) is 1.35. The van der Waals surface area contributed by atoms with Gasteiger partial charge in [0.05, 0.1) is 22.2 Å². The average molecular weight is 442 g/mol. The first-order chi connectivity index (χ1) is 13.9. The summed E-state index contributed by atoms with van der Waals surface area (Å²) in [5.41, 5.74) is 0.351. The number of hydrogen-bond acceptors (Lipinski definition) is 4. The lowest BCUT2D eigenvalue weighted by Gasteiger charge is -2.27. The molecule has 29 heavy (non-hydrogen) atoms. The Balaban J connectivity index is 1.67. The van der Waals surface area contributed by atoms with Crippen molar-refractivity contribution in [2.45, 2.75) is 68.7 Å². The zero-order chi connectivity index (χ0) is 20.9. The maximum Gasteiger partial charge on any atom is 0.243 e. The normalized spacial score (nSPS) is 19.8. The molecule has 0 spiro atoms. The van der Waals surface area contributed by atoms with Gasteiger partial charge in [-0.2, -0.15) is 4.31 Å². The van der Waals surface area contributed by atoms with Gasteiger partial charge in [0, 0.05) is 19.1 Å². The van der Waals surface area contributed by atoms with Gasteiger partial charge in [-0.15, -0.1) is 0 Å². The predicted octanol–water partition coefficient (Wildman–Crippen LogP) is 4.11. The van der Waals surface area contributed by atoms with Gasteiger partial charge in [-0.25, -0.2) is 8.42 Å². The van der Waals surface area contributed by atoms with Crippen molar-refractivity contribution in [2.24, 2.45) is 0 Å². The summed E-state index contributed by atoms with van der Waals surface area (Å²) < 4.78 is 27.3. The average Bonchev–Trinajstić information content (AvgIpc) is 3.00. The molecule has 2 fully saturated rings. The van der Waals surface area contributed by atoms with Gasteiger partial charge in [-0.05, 0) is 50.9 Å². The summed E-state index contributed by atoms with van der Waals surface area (Å²) in [7, 11) is -1.59. The van der Waals surface area contributed by atoms with E-state index in [9.17, 15) is 13.2 Å². The van der Waals surface area contributed by atoms with Crippen LogP contribution in [-0.4, -0.2) is 56.3 Å². The molecule has 3 rings (SSSR count). The van der Waals surface area contributed by atoms with Gasteiger partial charge in [0.2, 0.25) is 15.9 Å². The van der Waals surface area contributed by atoms with Crippen molar-refractivity contribution in [3.05, 3.63) is 23.2 Å². The summed E-state index contributed by atoms with van der Waals surface area (Å²) in [6, 6.07) is 4.96. The molecule has 0 atom stereocenters. The van der Waals surface area contributed by atoms with Crippen LogP contribution in [0.2, 0.25) is 5.02 Å². The first-order valence-electron chi connectivity index (χ1n) is 10.7. The van der Waals surface area contributed by atoms with Crippen LogP contribution in [0.3, 0.4) is 0 Å². The van der Waals surface area contributed by atoms with Crippen molar-refractivity contribution in [3.63, 3.8) is 0 Å². The van der Waals surface area contributed by atoms with Gasteiger partial charge < -0.3 is 5.32 Å². The number of piperidine rings is 1. The zero-order valence-electron chi connectivity index (χ0n) is 17.2. The number of carbonyl (C=O) groups is 1. The molecule has 8 heteroatoms. The fraction of sp³-hybridized carbons (Fsp3) is 0.667. The van der Waals surface area contributed by atoms with E-state index in [2.05, 4.69) is 10.2 Å². The maximum atomic E-state index is 12.9. The highest BCUT2D eigenvalue weighted by Gasteiger charge is 2.27. The molecule has 162 valence electrons. The summed E-state index contributed by atoms with van der Waals surface area (Å²) >= 11 is 6.25. The number of hydrogen-bond donors (Lipinski definition) is 1. The Morgan fingerprint density at radius 3 is 2.38 bits per heavy atom. The Labute approximate surface area is 179 Å². The van der Waals surface area contributed by atoms with Crippen molar-refractivity contribution in [2.75, 3.05) is 32.0 Å². The third kappa shape index (κ3) is 5.94. The second-order valence-corrected chi connectivity index (χ2v) is 10.6.